The molecule has 1 aliphatic rings. The van der Waals surface area contributed by atoms with E-state index in [1.54, 1.807) is 6.07 Å². The maximum Gasteiger partial charge on any atom is 0.163 e. The van der Waals surface area contributed by atoms with Gasteiger partial charge in [0.15, 0.2) is 5.78 Å². The maximum absolute atomic E-state index is 12.0. The van der Waals surface area contributed by atoms with E-state index in [1.807, 2.05) is 24.3 Å². The van der Waals surface area contributed by atoms with Gasteiger partial charge in [0.05, 0.1) is 0 Å². The molecule has 0 spiro atoms. The number of Topliss-reactive ketones (excluding diaryl/α,β-unsaturated/α-hetero) is 1. The third-order valence-electron chi connectivity index (χ3n) is 3.21. The van der Waals surface area contributed by atoms with Crippen LogP contribution >= 0.6 is 11.6 Å². The molecule has 0 unspecified atom stereocenters. The third-order valence-corrected chi connectivity index (χ3v) is 3.45. The summed E-state index contributed by atoms with van der Waals surface area (Å²) in [6.45, 7) is 0. The van der Waals surface area contributed by atoms with Gasteiger partial charge in [-0.1, -0.05) is 35.9 Å². The molecule has 2 aromatic carbocycles. The highest BCUT2D eigenvalue weighted by molar-refractivity contribution is 6.31. The number of fused-ring (bicyclic) bond motifs is 3. The van der Waals surface area contributed by atoms with E-state index in [0.29, 0.717) is 11.4 Å². The highest BCUT2D eigenvalue weighted by Crippen LogP contribution is 2.33. The van der Waals surface area contributed by atoms with Crippen molar-refractivity contribution in [1.82, 2.24) is 0 Å². The summed E-state index contributed by atoms with van der Waals surface area (Å²) >= 11 is 6.03. The fourth-order valence-corrected chi connectivity index (χ4v) is 2.54. The second-order valence-corrected chi connectivity index (χ2v) is 4.71. The molecule has 84 valence electrons. The molecule has 0 radical (unpaired) electrons. The van der Waals surface area contributed by atoms with Crippen LogP contribution in [0.2, 0.25) is 5.02 Å². The van der Waals surface area contributed by atoms with Gasteiger partial charge in [0, 0.05) is 17.0 Å². The largest absolute Gasteiger partial charge is 0.294 e. The molecule has 2 aromatic rings. The summed E-state index contributed by atoms with van der Waals surface area (Å²) in [7, 11) is 0. The zero-order valence-electron chi connectivity index (χ0n) is 9.24. The van der Waals surface area contributed by atoms with Crippen LogP contribution in [0.5, 0.6) is 0 Å². The van der Waals surface area contributed by atoms with E-state index in [1.165, 1.54) is 5.56 Å². The molecule has 0 aromatic heterocycles. The highest BCUT2D eigenvalue weighted by Gasteiger charge is 2.19. The zero-order chi connectivity index (χ0) is 11.8. The van der Waals surface area contributed by atoms with Crippen molar-refractivity contribution >= 4 is 17.4 Å². The molecule has 0 aliphatic heterocycles. The van der Waals surface area contributed by atoms with Crippen LogP contribution in [-0.2, 0) is 6.42 Å². The number of hydrogen-bond donors (Lipinski definition) is 0. The molecular weight excluding hydrogens is 232 g/mol. The van der Waals surface area contributed by atoms with Gasteiger partial charge in [-0.15, -0.1) is 0 Å². The van der Waals surface area contributed by atoms with Gasteiger partial charge >= 0.3 is 0 Å². The number of aryl methyl sites for hydroxylation is 1. The van der Waals surface area contributed by atoms with Gasteiger partial charge in [-0.2, -0.15) is 0 Å². The Bertz CT molecular complexity index is 602. The molecule has 3 rings (SSSR count). The van der Waals surface area contributed by atoms with Crippen LogP contribution in [-0.4, -0.2) is 5.78 Å². The van der Waals surface area contributed by atoms with Crippen molar-refractivity contribution in [3.05, 3.63) is 58.6 Å². The van der Waals surface area contributed by atoms with Crippen LogP contribution in [0, 0.1) is 0 Å². The van der Waals surface area contributed by atoms with Gasteiger partial charge in [-0.3, -0.25) is 4.79 Å². The van der Waals surface area contributed by atoms with E-state index in [4.69, 9.17) is 11.6 Å². The van der Waals surface area contributed by atoms with Gasteiger partial charge in [0.25, 0.3) is 0 Å². The summed E-state index contributed by atoms with van der Waals surface area (Å²) in [4.78, 5) is 12.0. The van der Waals surface area contributed by atoms with Gasteiger partial charge in [-0.25, -0.2) is 0 Å². The monoisotopic (exact) mass is 242 g/mol. The zero-order valence-corrected chi connectivity index (χ0v) is 10.00. The molecule has 0 N–H and O–H groups in total. The number of hydrogen-bond acceptors (Lipinski definition) is 1. The minimum Gasteiger partial charge on any atom is -0.294 e. The first-order valence-electron chi connectivity index (χ1n) is 5.67. The number of halogens is 1. The van der Waals surface area contributed by atoms with Crippen LogP contribution in [0.25, 0.3) is 11.1 Å². The first kappa shape index (κ1) is 10.5. The fourth-order valence-electron chi connectivity index (χ4n) is 2.37. The number of carbonyl (C=O) groups is 1. The van der Waals surface area contributed by atoms with Crippen LogP contribution in [0.1, 0.15) is 22.3 Å². The van der Waals surface area contributed by atoms with Crippen molar-refractivity contribution < 1.29 is 4.79 Å². The van der Waals surface area contributed by atoms with Crippen molar-refractivity contribution in [3.63, 3.8) is 0 Å². The van der Waals surface area contributed by atoms with E-state index < -0.39 is 0 Å². The van der Waals surface area contributed by atoms with Crippen molar-refractivity contribution in [2.45, 2.75) is 12.8 Å². The normalized spacial score (nSPS) is 13.8. The van der Waals surface area contributed by atoms with E-state index in [9.17, 15) is 4.79 Å². The molecule has 2 heteroatoms. The van der Waals surface area contributed by atoms with Crippen LogP contribution < -0.4 is 0 Å². The van der Waals surface area contributed by atoms with Crippen molar-refractivity contribution in [2.24, 2.45) is 0 Å². The lowest BCUT2D eigenvalue weighted by Gasteiger charge is -2.08. The van der Waals surface area contributed by atoms with Gasteiger partial charge in [-0.05, 0) is 41.3 Å². The van der Waals surface area contributed by atoms with Gasteiger partial charge in [0.2, 0.25) is 0 Å². The number of rotatable bonds is 0. The number of carbonyl (C=O) groups excluding carboxylic acids is 1. The summed E-state index contributed by atoms with van der Waals surface area (Å²) in [5, 5.41) is 0.674. The maximum atomic E-state index is 12.0. The summed E-state index contributed by atoms with van der Waals surface area (Å²) in [5.74, 6) is 0.202. The summed E-state index contributed by atoms with van der Waals surface area (Å²) in [6, 6.07) is 13.7. The molecule has 0 heterocycles. The van der Waals surface area contributed by atoms with Gasteiger partial charge in [0.1, 0.15) is 0 Å². The van der Waals surface area contributed by atoms with E-state index in [-0.39, 0.29) is 5.78 Å². The van der Waals surface area contributed by atoms with E-state index in [2.05, 4.69) is 12.1 Å². The lowest BCUT2D eigenvalue weighted by atomic mass is 9.97. The molecule has 17 heavy (non-hydrogen) atoms. The number of benzene rings is 2. The Labute approximate surface area is 105 Å². The third kappa shape index (κ3) is 1.77. The molecule has 1 aliphatic carbocycles. The molecule has 1 nitrogen and oxygen atoms in total. The minimum absolute atomic E-state index is 0.202. The Balaban J connectivity index is 2.33. The standard InChI is InChI=1S/C15H11ClO/c16-11-6-7-13-14(9-11)12-4-2-1-3-10(12)5-8-15(13)17/h1-4,6-7,9H,5,8H2. The lowest BCUT2D eigenvalue weighted by Crippen LogP contribution is -1.98. The molecule has 0 amide bonds. The Hall–Kier alpha value is -1.60. The Morgan fingerprint density at radius 3 is 2.59 bits per heavy atom. The molecule has 0 saturated heterocycles. The average Bonchev–Trinajstić information content (AvgIpc) is 2.48. The van der Waals surface area contributed by atoms with Gasteiger partial charge < -0.3 is 0 Å². The topological polar surface area (TPSA) is 17.1 Å². The lowest BCUT2D eigenvalue weighted by molar-refractivity contribution is 0.0984. The molecule has 0 bridgehead atoms. The Kier molecular flexibility index (Phi) is 2.49. The second kappa shape index (κ2) is 4.01. The predicted molar refractivity (Wildman–Crippen MR) is 69.5 cm³/mol. The van der Waals surface area contributed by atoms with E-state index in [0.717, 1.165) is 23.1 Å². The quantitative estimate of drug-likeness (QED) is 0.679. The van der Waals surface area contributed by atoms with Crippen LogP contribution in [0.3, 0.4) is 0 Å². The fraction of sp³-hybridized carbons (Fsp3) is 0.133. The van der Waals surface area contributed by atoms with Crippen LogP contribution in [0.4, 0.5) is 0 Å². The van der Waals surface area contributed by atoms with E-state index >= 15 is 0 Å². The van der Waals surface area contributed by atoms with Crippen molar-refractivity contribution in [2.75, 3.05) is 0 Å². The molecule has 0 fully saturated rings. The molecule has 0 atom stereocenters. The van der Waals surface area contributed by atoms with Crippen LogP contribution in [0.15, 0.2) is 42.5 Å². The average molecular weight is 243 g/mol. The molecular formula is C15H11ClO. The van der Waals surface area contributed by atoms with Crippen molar-refractivity contribution in [1.29, 1.82) is 0 Å². The second-order valence-electron chi connectivity index (χ2n) is 4.27. The Morgan fingerprint density at radius 2 is 1.71 bits per heavy atom. The molecule has 0 saturated carbocycles. The summed E-state index contributed by atoms with van der Waals surface area (Å²) in [5.41, 5.74) is 4.12. The van der Waals surface area contributed by atoms with Crippen molar-refractivity contribution in [3.8, 4) is 11.1 Å². The summed E-state index contributed by atoms with van der Waals surface area (Å²) < 4.78 is 0. The predicted octanol–water partition coefficient (Wildman–Crippen LogP) is 4.14. The SMILES string of the molecule is O=C1CCc2ccccc2-c2cc(Cl)ccc21. The first-order valence-corrected chi connectivity index (χ1v) is 6.04. The smallest absolute Gasteiger partial charge is 0.163 e. The number of ketones is 1. The minimum atomic E-state index is 0.202. The first-order chi connectivity index (χ1) is 8.25. The highest BCUT2D eigenvalue weighted by atomic mass is 35.5. The summed E-state index contributed by atoms with van der Waals surface area (Å²) in [6.07, 6.45) is 1.38. The Morgan fingerprint density at radius 1 is 0.882 bits per heavy atom.